The highest BCUT2D eigenvalue weighted by atomic mass is 16.7. The lowest BCUT2D eigenvalue weighted by Gasteiger charge is -2.33. The molecule has 29 heavy (non-hydrogen) atoms. The molecule has 3 heterocycles. The lowest BCUT2D eigenvalue weighted by atomic mass is 9.90. The molecule has 5 rings (SSSR count). The molecule has 148 valence electrons. The molecule has 3 aromatic rings. The van der Waals surface area contributed by atoms with Crippen molar-refractivity contribution in [2.45, 2.75) is 19.3 Å². The fourth-order valence-corrected chi connectivity index (χ4v) is 4.00. The van der Waals surface area contributed by atoms with Crippen LogP contribution in [0.4, 0.5) is 17.5 Å². The first kappa shape index (κ1) is 17.8. The third-order valence-corrected chi connectivity index (χ3v) is 5.58. The Morgan fingerprint density at radius 2 is 1.79 bits per heavy atom. The van der Waals surface area contributed by atoms with E-state index in [0.29, 0.717) is 5.95 Å². The zero-order valence-electron chi connectivity index (χ0n) is 16.3. The fourth-order valence-electron chi connectivity index (χ4n) is 4.00. The van der Waals surface area contributed by atoms with Crippen LogP contribution >= 0.6 is 0 Å². The van der Waals surface area contributed by atoms with Gasteiger partial charge in [0.1, 0.15) is 5.82 Å². The van der Waals surface area contributed by atoms with Crippen LogP contribution in [0, 0.1) is 5.92 Å². The smallest absolute Gasteiger partial charge is 0.231 e. The predicted molar refractivity (Wildman–Crippen MR) is 113 cm³/mol. The van der Waals surface area contributed by atoms with Crippen molar-refractivity contribution < 1.29 is 9.47 Å². The Morgan fingerprint density at radius 1 is 0.966 bits per heavy atom. The highest BCUT2D eigenvalue weighted by Gasteiger charge is 2.21. The van der Waals surface area contributed by atoms with Crippen LogP contribution in [0.25, 0.3) is 0 Å². The van der Waals surface area contributed by atoms with Crippen LogP contribution in [-0.2, 0) is 6.42 Å². The molecule has 6 heteroatoms. The topological polar surface area (TPSA) is 59.5 Å². The summed E-state index contributed by atoms with van der Waals surface area (Å²) in [4.78, 5) is 11.5. The normalized spacial score (nSPS) is 16.1. The van der Waals surface area contributed by atoms with Gasteiger partial charge in [0, 0.05) is 31.0 Å². The van der Waals surface area contributed by atoms with Gasteiger partial charge in [-0.25, -0.2) is 4.98 Å². The summed E-state index contributed by atoms with van der Waals surface area (Å²) in [5, 5.41) is 3.27. The number of nitrogens with one attached hydrogen (secondary N) is 1. The zero-order valence-corrected chi connectivity index (χ0v) is 16.3. The minimum atomic E-state index is 0.269. The van der Waals surface area contributed by atoms with Gasteiger partial charge in [-0.05, 0) is 48.9 Å². The zero-order chi connectivity index (χ0) is 19.5. The van der Waals surface area contributed by atoms with Gasteiger partial charge >= 0.3 is 0 Å². The number of benzene rings is 2. The lowest BCUT2D eigenvalue weighted by molar-refractivity contribution is 0.174. The first-order chi connectivity index (χ1) is 14.3. The molecule has 1 N–H and O–H groups in total. The van der Waals surface area contributed by atoms with Crippen LogP contribution < -0.4 is 19.7 Å². The van der Waals surface area contributed by atoms with Crippen molar-refractivity contribution >= 4 is 17.5 Å². The van der Waals surface area contributed by atoms with E-state index in [1.165, 1.54) is 18.4 Å². The third-order valence-electron chi connectivity index (χ3n) is 5.58. The first-order valence-corrected chi connectivity index (χ1v) is 10.1. The van der Waals surface area contributed by atoms with Crippen molar-refractivity contribution in [2.24, 2.45) is 5.92 Å². The van der Waals surface area contributed by atoms with Gasteiger partial charge in [0.15, 0.2) is 11.5 Å². The molecular weight excluding hydrogens is 364 g/mol. The van der Waals surface area contributed by atoms with Crippen molar-refractivity contribution in [3.63, 3.8) is 0 Å². The van der Waals surface area contributed by atoms with Crippen molar-refractivity contribution in [3.05, 3.63) is 66.4 Å². The molecule has 1 aromatic heterocycles. The molecule has 1 saturated heterocycles. The fraction of sp³-hybridized carbons (Fsp3) is 0.304. The molecule has 2 aliphatic rings. The summed E-state index contributed by atoms with van der Waals surface area (Å²) in [6.45, 7) is 2.32. The van der Waals surface area contributed by atoms with Crippen LogP contribution in [0.15, 0.2) is 60.8 Å². The van der Waals surface area contributed by atoms with Gasteiger partial charge in [0.2, 0.25) is 12.7 Å². The van der Waals surface area contributed by atoms with Gasteiger partial charge < -0.3 is 19.7 Å². The SMILES string of the molecule is c1ccc(CC2CCN(c3ccnc(Nc4ccc5c(c4)OCO5)n3)CC2)cc1. The number of piperidine rings is 1. The maximum Gasteiger partial charge on any atom is 0.231 e. The van der Waals surface area contributed by atoms with E-state index in [1.807, 2.05) is 30.5 Å². The molecule has 0 saturated carbocycles. The molecule has 2 aliphatic heterocycles. The first-order valence-electron chi connectivity index (χ1n) is 10.1. The highest BCUT2D eigenvalue weighted by Crippen LogP contribution is 2.35. The van der Waals surface area contributed by atoms with E-state index in [1.54, 1.807) is 0 Å². The van der Waals surface area contributed by atoms with Gasteiger partial charge in [-0.15, -0.1) is 0 Å². The number of hydrogen-bond donors (Lipinski definition) is 1. The number of rotatable bonds is 5. The third kappa shape index (κ3) is 4.11. The van der Waals surface area contributed by atoms with Crippen LogP contribution in [0.5, 0.6) is 11.5 Å². The number of anilines is 3. The summed E-state index contributed by atoms with van der Waals surface area (Å²) in [5.41, 5.74) is 2.32. The predicted octanol–water partition coefficient (Wildman–Crippen LogP) is 4.41. The van der Waals surface area contributed by atoms with E-state index in [0.717, 1.165) is 48.4 Å². The molecule has 1 fully saturated rings. The Bertz CT molecular complexity index is 972. The quantitative estimate of drug-likeness (QED) is 0.699. The van der Waals surface area contributed by atoms with E-state index < -0.39 is 0 Å². The summed E-state index contributed by atoms with van der Waals surface area (Å²) >= 11 is 0. The van der Waals surface area contributed by atoms with E-state index in [-0.39, 0.29) is 6.79 Å². The van der Waals surface area contributed by atoms with Gasteiger partial charge in [0.25, 0.3) is 0 Å². The van der Waals surface area contributed by atoms with Crippen LogP contribution in [0.1, 0.15) is 18.4 Å². The second-order valence-corrected chi connectivity index (χ2v) is 7.55. The number of hydrogen-bond acceptors (Lipinski definition) is 6. The summed E-state index contributed by atoms with van der Waals surface area (Å²) in [6.07, 6.45) is 5.34. The molecule has 0 spiro atoms. The molecule has 0 bridgehead atoms. The van der Waals surface area contributed by atoms with E-state index in [9.17, 15) is 0 Å². The Morgan fingerprint density at radius 3 is 2.66 bits per heavy atom. The minimum Gasteiger partial charge on any atom is -0.454 e. The molecule has 2 aromatic carbocycles. The maximum atomic E-state index is 5.44. The standard InChI is InChI=1S/C23H24N4O2/c1-2-4-17(5-3-1)14-18-9-12-27(13-10-18)22-8-11-24-23(26-22)25-19-6-7-20-21(15-19)29-16-28-20/h1-8,11,15,18H,9-10,12-14,16H2,(H,24,25,26). The molecule has 0 aliphatic carbocycles. The Hall–Kier alpha value is -3.28. The van der Waals surface area contributed by atoms with Gasteiger partial charge in [0.05, 0.1) is 0 Å². The van der Waals surface area contributed by atoms with Gasteiger partial charge in [-0.2, -0.15) is 4.98 Å². The van der Waals surface area contributed by atoms with Crippen LogP contribution in [0.2, 0.25) is 0 Å². The second kappa shape index (κ2) is 7.99. The monoisotopic (exact) mass is 388 g/mol. The van der Waals surface area contributed by atoms with Crippen molar-refractivity contribution in [1.29, 1.82) is 0 Å². The summed E-state index contributed by atoms with van der Waals surface area (Å²) in [7, 11) is 0. The molecule has 6 nitrogen and oxygen atoms in total. The lowest BCUT2D eigenvalue weighted by Crippen LogP contribution is -2.35. The molecule has 0 unspecified atom stereocenters. The maximum absolute atomic E-state index is 5.44. The Kier molecular flexibility index (Phi) is 4.90. The van der Waals surface area contributed by atoms with Gasteiger partial charge in [-0.1, -0.05) is 30.3 Å². The largest absolute Gasteiger partial charge is 0.454 e. The molecular formula is C23H24N4O2. The average Bonchev–Trinajstić information content (AvgIpc) is 3.23. The second-order valence-electron chi connectivity index (χ2n) is 7.55. The van der Waals surface area contributed by atoms with Crippen molar-refractivity contribution in [2.75, 3.05) is 30.1 Å². The van der Waals surface area contributed by atoms with E-state index in [4.69, 9.17) is 14.5 Å². The van der Waals surface area contributed by atoms with Crippen molar-refractivity contribution in [1.82, 2.24) is 9.97 Å². The number of ether oxygens (including phenoxy) is 2. The molecule has 0 atom stereocenters. The number of nitrogens with zero attached hydrogens (tertiary/aromatic N) is 3. The van der Waals surface area contributed by atoms with Crippen LogP contribution in [-0.4, -0.2) is 29.9 Å². The minimum absolute atomic E-state index is 0.269. The summed E-state index contributed by atoms with van der Waals surface area (Å²) in [5.74, 6) is 3.81. The van der Waals surface area contributed by atoms with E-state index in [2.05, 4.69) is 45.5 Å². The molecule has 0 radical (unpaired) electrons. The highest BCUT2D eigenvalue weighted by molar-refractivity contribution is 5.61. The summed E-state index contributed by atoms with van der Waals surface area (Å²) in [6, 6.07) is 18.5. The van der Waals surface area contributed by atoms with Crippen LogP contribution in [0.3, 0.4) is 0 Å². The van der Waals surface area contributed by atoms with Crippen molar-refractivity contribution in [3.8, 4) is 11.5 Å². The molecule has 0 amide bonds. The Balaban J connectivity index is 1.21. The number of fused-ring (bicyclic) bond motifs is 1. The Labute approximate surface area is 170 Å². The van der Waals surface area contributed by atoms with Gasteiger partial charge in [-0.3, -0.25) is 0 Å². The van der Waals surface area contributed by atoms with E-state index >= 15 is 0 Å². The summed E-state index contributed by atoms with van der Waals surface area (Å²) < 4.78 is 10.8. The number of aromatic nitrogens is 2. The average molecular weight is 388 g/mol.